The number of hydrogen-bond acceptors (Lipinski definition) is 3. The average molecular weight is 281 g/mol. The van der Waals surface area contributed by atoms with Crippen molar-refractivity contribution in [1.82, 2.24) is 0 Å². The largest absolute Gasteiger partial charge is 0.368 e. The normalized spacial score (nSPS) is 27.2. The predicted octanol–water partition coefficient (Wildman–Crippen LogP) is 4.43. The van der Waals surface area contributed by atoms with Crippen LogP contribution in [0.4, 0.5) is 0 Å². The Hall–Kier alpha value is -0.380. The van der Waals surface area contributed by atoms with Crippen LogP contribution in [0, 0.1) is 12.8 Å². The summed E-state index contributed by atoms with van der Waals surface area (Å²) in [7, 11) is 0. The minimum Gasteiger partial charge on any atom is -0.368 e. The molecule has 2 N–H and O–H groups in total. The minimum atomic E-state index is 0.0792. The van der Waals surface area contributed by atoms with Crippen molar-refractivity contribution in [3.63, 3.8) is 0 Å². The molecule has 0 bridgehead atoms. The van der Waals surface area contributed by atoms with Gasteiger partial charge in [-0.15, -0.1) is 11.3 Å². The van der Waals surface area contributed by atoms with Crippen molar-refractivity contribution < 1.29 is 4.74 Å². The first-order valence-corrected chi connectivity index (χ1v) is 8.46. The molecule has 2 rings (SSSR count). The molecule has 0 saturated heterocycles. The lowest BCUT2D eigenvalue weighted by Gasteiger charge is -2.34. The summed E-state index contributed by atoms with van der Waals surface area (Å²) in [5.41, 5.74) is 7.64. The van der Waals surface area contributed by atoms with Crippen molar-refractivity contribution in [2.75, 3.05) is 0 Å². The molecule has 4 atom stereocenters. The Kier molecular flexibility index (Phi) is 5.43. The Bertz CT molecular complexity index is 390. The van der Waals surface area contributed by atoms with E-state index in [1.165, 1.54) is 36.1 Å². The summed E-state index contributed by atoms with van der Waals surface area (Å²) in [5, 5.41) is 2.15. The summed E-state index contributed by atoms with van der Waals surface area (Å²) in [4.78, 5) is 1.33. The molecule has 0 aromatic carbocycles. The van der Waals surface area contributed by atoms with Gasteiger partial charge in [-0.25, -0.2) is 0 Å². The van der Waals surface area contributed by atoms with Gasteiger partial charge >= 0.3 is 0 Å². The Morgan fingerprint density at radius 1 is 1.42 bits per heavy atom. The number of thiophene rings is 1. The number of nitrogens with two attached hydrogens (primary N) is 1. The van der Waals surface area contributed by atoms with Crippen LogP contribution >= 0.6 is 11.3 Å². The second-order valence-electron chi connectivity index (χ2n) is 5.90. The van der Waals surface area contributed by atoms with E-state index < -0.39 is 0 Å². The molecule has 1 aliphatic rings. The number of rotatable bonds is 5. The van der Waals surface area contributed by atoms with Gasteiger partial charge in [0.25, 0.3) is 0 Å². The Labute approximate surface area is 121 Å². The van der Waals surface area contributed by atoms with Crippen LogP contribution in [0.15, 0.2) is 11.4 Å². The molecule has 1 heterocycles. The Balaban J connectivity index is 2.12. The van der Waals surface area contributed by atoms with Gasteiger partial charge in [0.05, 0.1) is 6.10 Å². The summed E-state index contributed by atoms with van der Waals surface area (Å²) < 4.78 is 6.47. The van der Waals surface area contributed by atoms with Gasteiger partial charge in [-0.05, 0) is 49.1 Å². The molecule has 1 aromatic rings. The van der Waals surface area contributed by atoms with Crippen molar-refractivity contribution in [3.05, 3.63) is 21.9 Å². The monoisotopic (exact) mass is 281 g/mol. The fraction of sp³-hybridized carbons (Fsp3) is 0.750. The second-order valence-corrected chi connectivity index (χ2v) is 6.84. The maximum absolute atomic E-state index is 6.47. The highest BCUT2D eigenvalue weighted by molar-refractivity contribution is 7.10. The SMILES string of the molecule is CCC(N)C(OC1CCCCC1C)c1sccc1C. The average Bonchev–Trinajstić information content (AvgIpc) is 2.83. The smallest absolute Gasteiger partial charge is 0.107 e. The lowest BCUT2D eigenvalue weighted by molar-refractivity contribution is -0.0664. The van der Waals surface area contributed by atoms with Crippen molar-refractivity contribution in [2.24, 2.45) is 11.7 Å². The number of ether oxygens (including phenoxy) is 1. The lowest BCUT2D eigenvalue weighted by atomic mass is 9.87. The highest BCUT2D eigenvalue weighted by Gasteiger charge is 2.29. The van der Waals surface area contributed by atoms with E-state index in [4.69, 9.17) is 10.5 Å². The van der Waals surface area contributed by atoms with Crippen molar-refractivity contribution >= 4 is 11.3 Å². The van der Waals surface area contributed by atoms with Crippen LogP contribution in [0.2, 0.25) is 0 Å². The van der Waals surface area contributed by atoms with Crippen LogP contribution in [0.5, 0.6) is 0 Å². The van der Waals surface area contributed by atoms with Gasteiger partial charge in [-0.1, -0.05) is 26.7 Å². The first-order valence-electron chi connectivity index (χ1n) is 7.58. The highest BCUT2D eigenvalue weighted by atomic mass is 32.1. The molecule has 2 nitrogen and oxygen atoms in total. The molecule has 0 amide bonds. The molecule has 0 radical (unpaired) electrons. The highest BCUT2D eigenvalue weighted by Crippen LogP contribution is 2.35. The third-order valence-corrected chi connectivity index (χ3v) is 5.45. The summed E-state index contributed by atoms with van der Waals surface area (Å²) in [6, 6.07) is 2.27. The summed E-state index contributed by atoms with van der Waals surface area (Å²) in [6.07, 6.45) is 6.56. The van der Waals surface area contributed by atoms with Gasteiger partial charge in [0.2, 0.25) is 0 Å². The number of aryl methyl sites for hydroxylation is 1. The molecule has 1 saturated carbocycles. The van der Waals surface area contributed by atoms with Gasteiger partial charge in [0.1, 0.15) is 6.10 Å². The van der Waals surface area contributed by atoms with Crippen LogP contribution in [-0.4, -0.2) is 12.1 Å². The molecular formula is C16H27NOS. The van der Waals surface area contributed by atoms with Crippen LogP contribution < -0.4 is 5.73 Å². The summed E-state index contributed by atoms with van der Waals surface area (Å²) in [5.74, 6) is 0.667. The molecule has 108 valence electrons. The van der Waals surface area contributed by atoms with Crippen LogP contribution in [-0.2, 0) is 4.74 Å². The molecular weight excluding hydrogens is 254 g/mol. The van der Waals surface area contributed by atoms with Crippen molar-refractivity contribution in [1.29, 1.82) is 0 Å². The van der Waals surface area contributed by atoms with E-state index in [9.17, 15) is 0 Å². The van der Waals surface area contributed by atoms with Crippen LogP contribution in [0.3, 0.4) is 0 Å². The summed E-state index contributed by atoms with van der Waals surface area (Å²) in [6.45, 7) is 6.63. The predicted molar refractivity (Wildman–Crippen MR) is 82.6 cm³/mol. The molecule has 4 unspecified atom stereocenters. The molecule has 0 aliphatic heterocycles. The zero-order valence-corrected chi connectivity index (χ0v) is 13.2. The van der Waals surface area contributed by atoms with Crippen LogP contribution in [0.1, 0.15) is 62.5 Å². The first kappa shape index (κ1) is 15.0. The van der Waals surface area contributed by atoms with E-state index >= 15 is 0 Å². The maximum atomic E-state index is 6.47. The van der Waals surface area contributed by atoms with Gasteiger partial charge in [-0.2, -0.15) is 0 Å². The molecule has 1 aromatic heterocycles. The van der Waals surface area contributed by atoms with Crippen LogP contribution in [0.25, 0.3) is 0 Å². The molecule has 1 fully saturated rings. The first-order chi connectivity index (χ1) is 9.13. The Morgan fingerprint density at radius 2 is 2.16 bits per heavy atom. The van der Waals surface area contributed by atoms with E-state index in [0.717, 1.165) is 6.42 Å². The third kappa shape index (κ3) is 3.59. The quantitative estimate of drug-likeness (QED) is 0.866. The standard InChI is InChI=1S/C16H27NOS/c1-4-13(17)15(16-12(3)9-10-19-16)18-14-8-6-5-7-11(14)2/h9-11,13-15H,4-8,17H2,1-3H3. The maximum Gasteiger partial charge on any atom is 0.107 e. The molecule has 3 heteroatoms. The Morgan fingerprint density at radius 3 is 2.74 bits per heavy atom. The molecule has 0 spiro atoms. The minimum absolute atomic E-state index is 0.0792. The zero-order chi connectivity index (χ0) is 13.8. The van der Waals surface area contributed by atoms with Gasteiger partial charge in [-0.3, -0.25) is 0 Å². The van der Waals surface area contributed by atoms with E-state index in [0.29, 0.717) is 12.0 Å². The lowest BCUT2D eigenvalue weighted by Crippen LogP contribution is -2.35. The van der Waals surface area contributed by atoms with E-state index in [2.05, 4.69) is 32.2 Å². The molecule has 1 aliphatic carbocycles. The van der Waals surface area contributed by atoms with E-state index in [1.54, 1.807) is 11.3 Å². The fourth-order valence-corrected chi connectivity index (χ4v) is 3.96. The number of hydrogen-bond donors (Lipinski definition) is 1. The van der Waals surface area contributed by atoms with Crippen molar-refractivity contribution in [3.8, 4) is 0 Å². The third-order valence-electron chi connectivity index (χ3n) is 4.37. The van der Waals surface area contributed by atoms with Gasteiger partial charge < -0.3 is 10.5 Å². The van der Waals surface area contributed by atoms with E-state index in [1.807, 2.05) is 0 Å². The fourth-order valence-electron chi connectivity index (χ4n) is 2.92. The van der Waals surface area contributed by atoms with E-state index in [-0.39, 0.29) is 12.1 Å². The van der Waals surface area contributed by atoms with Crippen molar-refractivity contribution in [2.45, 2.75) is 71.1 Å². The second kappa shape index (κ2) is 6.87. The van der Waals surface area contributed by atoms with Gasteiger partial charge in [0.15, 0.2) is 0 Å². The topological polar surface area (TPSA) is 35.2 Å². The molecule has 19 heavy (non-hydrogen) atoms. The summed E-state index contributed by atoms with van der Waals surface area (Å²) >= 11 is 1.79. The zero-order valence-electron chi connectivity index (χ0n) is 12.4. The van der Waals surface area contributed by atoms with Gasteiger partial charge in [0, 0.05) is 10.9 Å².